The second kappa shape index (κ2) is 25.8. The predicted octanol–water partition coefficient (Wildman–Crippen LogP) is 0.00880. The normalized spacial score (nSPS) is 19.7. The van der Waals surface area contributed by atoms with Gasteiger partial charge in [0.15, 0.2) is 0 Å². The van der Waals surface area contributed by atoms with Gasteiger partial charge in [-0.05, 0) is 68.4 Å². The van der Waals surface area contributed by atoms with E-state index in [1.54, 1.807) is 58.0 Å². The lowest BCUT2D eigenvalue weighted by Gasteiger charge is -2.33. The van der Waals surface area contributed by atoms with E-state index in [4.69, 9.17) is 11.5 Å². The number of carboxylic acid groups (broad SMARTS) is 2. The zero-order valence-electron chi connectivity index (χ0n) is 38.5. The molecule has 2 fully saturated rings. The summed E-state index contributed by atoms with van der Waals surface area (Å²) in [7, 11) is 0. The monoisotopic (exact) mass is 914 g/mol. The summed E-state index contributed by atoms with van der Waals surface area (Å²) in [5.74, 6) is -8.53. The fourth-order valence-electron chi connectivity index (χ4n) is 8.10. The summed E-state index contributed by atoms with van der Waals surface area (Å²) in [6, 6.07) is -0.466. The lowest BCUT2D eigenvalue weighted by atomic mass is 9.94. The van der Waals surface area contributed by atoms with Gasteiger partial charge < -0.3 is 58.1 Å². The topological polar surface area (TPSA) is 313 Å². The number of hydrogen-bond acceptors (Lipinski definition) is 11. The molecule has 3 rings (SSSR count). The number of hydrogen-bond donors (Lipinski definition) is 9. The predicted molar refractivity (Wildman–Crippen MR) is 239 cm³/mol. The number of carbonyl (C=O) groups is 9. The van der Waals surface area contributed by atoms with Crippen molar-refractivity contribution in [3.63, 3.8) is 0 Å². The van der Waals surface area contributed by atoms with Crippen molar-refractivity contribution in [2.24, 2.45) is 29.2 Å². The van der Waals surface area contributed by atoms with Gasteiger partial charge in [-0.2, -0.15) is 0 Å². The maximum atomic E-state index is 14.6. The van der Waals surface area contributed by atoms with Gasteiger partial charge >= 0.3 is 11.9 Å². The van der Waals surface area contributed by atoms with Crippen molar-refractivity contribution in [3.8, 4) is 0 Å². The van der Waals surface area contributed by atoms with Crippen LogP contribution in [-0.2, 0) is 49.6 Å². The average molecular weight is 914 g/mol. The van der Waals surface area contributed by atoms with Crippen molar-refractivity contribution in [2.75, 3.05) is 19.6 Å². The highest BCUT2D eigenvalue weighted by molar-refractivity contribution is 5.98. The molecular weight excluding hydrogens is 843 g/mol. The summed E-state index contributed by atoms with van der Waals surface area (Å²) in [6.07, 6.45) is 2.10. The summed E-state index contributed by atoms with van der Waals surface area (Å²) in [6.45, 7) is 11.0. The quantitative estimate of drug-likeness (QED) is 0.0626. The van der Waals surface area contributed by atoms with Gasteiger partial charge in [-0.15, -0.1) is 0 Å². The first-order chi connectivity index (χ1) is 30.7. The largest absolute Gasteiger partial charge is 0.481 e. The van der Waals surface area contributed by atoms with Gasteiger partial charge in [-0.3, -0.25) is 38.4 Å². The van der Waals surface area contributed by atoms with E-state index in [2.05, 4.69) is 26.6 Å². The van der Waals surface area contributed by atoms with Crippen molar-refractivity contribution in [1.29, 1.82) is 0 Å². The highest BCUT2D eigenvalue weighted by Crippen LogP contribution is 2.24. The van der Waals surface area contributed by atoms with Gasteiger partial charge in [-0.1, -0.05) is 84.7 Å². The maximum Gasteiger partial charge on any atom is 0.326 e. The molecule has 1 aromatic carbocycles. The molecule has 65 heavy (non-hydrogen) atoms. The van der Waals surface area contributed by atoms with Crippen molar-refractivity contribution < 1.29 is 53.4 Å². The number of nitrogens with zero attached hydrogens (tertiary/aromatic N) is 2. The number of aliphatic carboxylic acids is 2. The number of carbonyl (C=O) groups excluding carboxylic acids is 7. The third-order valence-electron chi connectivity index (χ3n) is 12.4. The lowest BCUT2D eigenvalue weighted by Crippen LogP contribution is -2.61. The zero-order chi connectivity index (χ0) is 48.5. The SMILES string of the molecule is CC[C@H](C)[C@H](NC(=O)[C@@H](NC(=O)[C@@H]1CCCN1C(=O)[C@H](Cc1ccccc1)NC(=O)[C@@H]1CCCN1C(=O)[C@H](CC(=O)O)NC(=O)[C@@H](N)CCCN)[C@@H](C)CC)C(=O)N[C@H](C(=O)O)C(C)C. The molecule has 2 saturated heterocycles. The summed E-state index contributed by atoms with van der Waals surface area (Å²) >= 11 is 0. The van der Waals surface area contributed by atoms with Gasteiger partial charge in [0.2, 0.25) is 41.4 Å². The molecule has 362 valence electrons. The third kappa shape index (κ3) is 15.2. The van der Waals surface area contributed by atoms with E-state index >= 15 is 0 Å². The number of nitrogens with one attached hydrogen (secondary N) is 5. The molecule has 0 bridgehead atoms. The number of nitrogens with two attached hydrogens (primary N) is 2. The van der Waals surface area contributed by atoms with Crippen LogP contribution in [0.2, 0.25) is 0 Å². The summed E-state index contributed by atoms with van der Waals surface area (Å²) in [5, 5.41) is 32.7. The van der Waals surface area contributed by atoms with Gasteiger partial charge in [0.1, 0.15) is 42.3 Å². The molecular formula is C45H71N9O11. The first kappa shape index (κ1) is 53.7. The van der Waals surface area contributed by atoms with Crippen LogP contribution in [0.1, 0.15) is 105 Å². The van der Waals surface area contributed by atoms with Crippen LogP contribution in [-0.4, -0.2) is 141 Å². The second-order valence-electron chi connectivity index (χ2n) is 17.6. The minimum absolute atomic E-state index is 0.0197. The van der Waals surface area contributed by atoms with Crippen LogP contribution < -0.4 is 38.1 Å². The molecule has 1 aromatic rings. The fraction of sp³-hybridized carbons (Fsp3) is 0.667. The maximum absolute atomic E-state index is 14.6. The Balaban J connectivity index is 1.86. The molecule has 0 saturated carbocycles. The van der Waals surface area contributed by atoms with Crippen LogP contribution in [0, 0.1) is 17.8 Å². The van der Waals surface area contributed by atoms with Crippen LogP contribution in [0.25, 0.3) is 0 Å². The average Bonchev–Trinajstić information content (AvgIpc) is 3.98. The van der Waals surface area contributed by atoms with Crippen LogP contribution in [0.15, 0.2) is 30.3 Å². The van der Waals surface area contributed by atoms with E-state index < -0.39 is 126 Å². The van der Waals surface area contributed by atoms with Crippen molar-refractivity contribution in [2.45, 2.75) is 154 Å². The van der Waals surface area contributed by atoms with Crippen LogP contribution in [0.3, 0.4) is 0 Å². The molecule has 0 aromatic heterocycles. The summed E-state index contributed by atoms with van der Waals surface area (Å²) < 4.78 is 0. The standard InChI is InChI=1S/C45H71N9O11/c1-7-26(5)36(42(61)52-37(27(6)8-2)41(60)50-35(25(3)4)45(64)65)51-40(59)33-19-14-22-54(33)43(62)30(23-28-15-10-9-11-16-28)49-39(58)32-18-13-21-53(32)44(63)31(24-34(55)56)48-38(57)29(47)17-12-20-46/h9-11,15-16,25-27,29-33,35-37H,7-8,12-14,17-24,46-47H2,1-6H3,(H,48,57)(H,49,58)(H,50,60)(H,51,59)(H,52,61)(H,55,56)(H,64,65)/t26-,27-,29-,30-,31-,32-,33-,35-,36-,37-/m0/s1. The number of amides is 7. The lowest BCUT2D eigenvalue weighted by molar-refractivity contribution is -0.147. The highest BCUT2D eigenvalue weighted by atomic mass is 16.4. The first-order valence-corrected chi connectivity index (χ1v) is 22.8. The molecule has 7 amide bonds. The van der Waals surface area contributed by atoms with E-state index in [-0.39, 0.29) is 45.3 Å². The van der Waals surface area contributed by atoms with E-state index in [0.29, 0.717) is 37.7 Å². The minimum Gasteiger partial charge on any atom is -0.481 e. The number of likely N-dealkylation sites (tertiary alicyclic amines) is 2. The van der Waals surface area contributed by atoms with Crippen LogP contribution in [0.4, 0.5) is 0 Å². The Morgan fingerprint density at radius 3 is 1.65 bits per heavy atom. The number of rotatable bonds is 25. The molecule has 10 atom stereocenters. The molecule has 20 nitrogen and oxygen atoms in total. The molecule has 2 aliphatic heterocycles. The Morgan fingerprint density at radius 1 is 0.677 bits per heavy atom. The van der Waals surface area contributed by atoms with Gasteiger partial charge in [-0.25, -0.2) is 4.79 Å². The van der Waals surface area contributed by atoms with Gasteiger partial charge in [0.05, 0.1) is 12.5 Å². The molecule has 20 heteroatoms. The Kier molecular flexibility index (Phi) is 21.3. The molecule has 0 spiro atoms. The van der Waals surface area contributed by atoms with E-state index in [0.717, 1.165) is 0 Å². The van der Waals surface area contributed by atoms with E-state index in [1.165, 1.54) is 9.80 Å². The van der Waals surface area contributed by atoms with Crippen molar-refractivity contribution >= 4 is 53.3 Å². The van der Waals surface area contributed by atoms with E-state index in [1.807, 2.05) is 13.8 Å². The molecule has 2 aliphatic rings. The zero-order valence-corrected chi connectivity index (χ0v) is 38.5. The van der Waals surface area contributed by atoms with Gasteiger partial charge in [0.25, 0.3) is 0 Å². The minimum atomic E-state index is -1.52. The van der Waals surface area contributed by atoms with Crippen LogP contribution >= 0.6 is 0 Å². The summed E-state index contributed by atoms with van der Waals surface area (Å²) in [4.78, 5) is 123. The Hall–Kier alpha value is -5.63. The first-order valence-electron chi connectivity index (χ1n) is 22.8. The summed E-state index contributed by atoms with van der Waals surface area (Å²) in [5.41, 5.74) is 12.2. The Morgan fingerprint density at radius 2 is 1.17 bits per heavy atom. The molecule has 2 heterocycles. The Bertz CT molecular complexity index is 1830. The fourth-order valence-corrected chi connectivity index (χ4v) is 8.10. The second-order valence-corrected chi connectivity index (χ2v) is 17.6. The molecule has 0 aliphatic carbocycles. The van der Waals surface area contributed by atoms with Gasteiger partial charge in [0, 0.05) is 19.5 Å². The molecule has 11 N–H and O–H groups in total. The van der Waals surface area contributed by atoms with Crippen molar-refractivity contribution in [3.05, 3.63) is 35.9 Å². The van der Waals surface area contributed by atoms with E-state index in [9.17, 15) is 53.4 Å². The smallest absolute Gasteiger partial charge is 0.326 e. The third-order valence-corrected chi connectivity index (χ3v) is 12.4. The number of benzene rings is 1. The molecule has 0 radical (unpaired) electrons. The number of carboxylic acids is 2. The van der Waals surface area contributed by atoms with Crippen molar-refractivity contribution in [1.82, 2.24) is 36.4 Å². The Labute approximate surface area is 381 Å². The van der Waals surface area contributed by atoms with Crippen LogP contribution in [0.5, 0.6) is 0 Å². The molecule has 0 unspecified atom stereocenters. The highest BCUT2D eigenvalue weighted by Gasteiger charge is 2.43.